The van der Waals surface area contributed by atoms with Gasteiger partial charge in [-0.05, 0) is 19.9 Å². The molecular formula is C14H28N4. The highest BCUT2D eigenvalue weighted by Crippen LogP contribution is 2.29. The predicted molar refractivity (Wildman–Crippen MR) is 74.9 cm³/mol. The quantitative estimate of drug-likeness (QED) is 0.750. The van der Waals surface area contributed by atoms with Crippen molar-refractivity contribution in [1.82, 2.24) is 20.0 Å². The molecule has 1 N–H and O–H groups in total. The lowest BCUT2D eigenvalue weighted by molar-refractivity contribution is 0.0556. The topological polar surface area (TPSA) is 21.8 Å². The lowest BCUT2D eigenvalue weighted by Crippen LogP contribution is -2.57. The van der Waals surface area contributed by atoms with Gasteiger partial charge in [-0.3, -0.25) is 9.80 Å². The van der Waals surface area contributed by atoms with Gasteiger partial charge in [0.2, 0.25) is 0 Å². The average molecular weight is 252 g/mol. The van der Waals surface area contributed by atoms with Gasteiger partial charge in [-0.15, -0.1) is 0 Å². The highest BCUT2D eigenvalue weighted by Gasteiger charge is 2.36. The van der Waals surface area contributed by atoms with Crippen molar-refractivity contribution in [2.45, 2.75) is 31.3 Å². The van der Waals surface area contributed by atoms with Crippen molar-refractivity contribution in [2.24, 2.45) is 0 Å². The number of nitrogens with one attached hydrogen (secondary N) is 1. The number of nitrogens with zero attached hydrogens (tertiary/aromatic N) is 3. The molecule has 0 amide bonds. The number of hydrogen-bond donors (Lipinski definition) is 1. The minimum absolute atomic E-state index is 0.843. The molecule has 3 rings (SSSR count). The zero-order chi connectivity index (χ0) is 12.4. The summed E-state index contributed by atoms with van der Waals surface area (Å²) in [4.78, 5) is 8.00. The van der Waals surface area contributed by atoms with Gasteiger partial charge >= 0.3 is 0 Å². The third kappa shape index (κ3) is 2.72. The van der Waals surface area contributed by atoms with Crippen LogP contribution in [0, 0.1) is 0 Å². The van der Waals surface area contributed by atoms with E-state index >= 15 is 0 Å². The molecule has 2 heterocycles. The summed E-state index contributed by atoms with van der Waals surface area (Å²) in [7, 11) is 2.25. The maximum atomic E-state index is 3.48. The fourth-order valence-corrected chi connectivity index (χ4v) is 3.94. The van der Waals surface area contributed by atoms with Gasteiger partial charge in [-0.25, -0.2) is 0 Å². The third-order valence-corrected chi connectivity index (χ3v) is 5.07. The summed E-state index contributed by atoms with van der Waals surface area (Å²) in [5.41, 5.74) is 0. The van der Waals surface area contributed by atoms with Gasteiger partial charge in [0.25, 0.3) is 0 Å². The molecule has 3 aliphatic rings. The van der Waals surface area contributed by atoms with E-state index in [9.17, 15) is 0 Å². The molecule has 3 fully saturated rings. The first-order chi connectivity index (χ1) is 8.84. The van der Waals surface area contributed by atoms with Crippen LogP contribution in [0.15, 0.2) is 0 Å². The molecule has 2 atom stereocenters. The Morgan fingerprint density at radius 1 is 0.778 bits per heavy atom. The summed E-state index contributed by atoms with van der Waals surface area (Å²) in [6.45, 7) is 9.96. The molecule has 0 aromatic rings. The normalized spacial score (nSPS) is 37.2. The molecule has 0 radical (unpaired) electrons. The summed E-state index contributed by atoms with van der Waals surface area (Å²) < 4.78 is 0. The van der Waals surface area contributed by atoms with E-state index < -0.39 is 0 Å². The van der Waals surface area contributed by atoms with E-state index in [2.05, 4.69) is 27.1 Å². The van der Waals surface area contributed by atoms with Gasteiger partial charge < -0.3 is 10.2 Å². The van der Waals surface area contributed by atoms with Crippen LogP contribution in [0.5, 0.6) is 0 Å². The van der Waals surface area contributed by atoms with Crippen molar-refractivity contribution >= 4 is 0 Å². The standard InChI is InChI=1S/C14H28N4/c1-16-9-11-18(12-10-16)14-4-2-3-13(14)17-7-5-15-6-8-17/h13-15H,2-12H2,1H3/t13-,14-/m0/s1. The Labute approximate surface area is 111 Å². The van der Waals surface area contributed by atoms with Crippen LogP contribution in [0.3, 0.4) is 0 Å². The van der Waals surface area contributed by atoms with Crippen LogP contribution < -0.4 is 5.32 Å². The smallest absolute Gasteiger partial charge is 0.0252 e. The highest BCUT2D eigenvalue weighted by molar-refractivity contribution is 4.94. The van der Waals surface area contributed by atoms with Gasteiger partial charge in [0.1, 0.15) is 0 Å². The molecule has 4 nitrogen and oxygen atoms in total. The van der Waals surface area contributed by atoms with Crippen LogP contribution in [0.2, 0.25) is 0 Å². The number of hydrogen-bond acceptors (Lipinski definition) is 4. The van der Waals surface area contributed by atoms with Crippen LogP contribution >= 0.6 is 0 Å². The SMILES string of the molecule is CN1CCN([C@H]2CCC[C@@H]2N2CCNCC2)CC1. The van der Waals surface area contributed by atoms with E-state index in [1.54, 1.807) is 0 Å². The molecule has 1 saturated carbocycles. The molecule has 18 heavy (non-hydrogen) atoms. The average Bonchev–Trinajstić information content (AvgIpc) is 2.90. The third-order valence-electron chi connectivity index (χ3n) is 5.07. The summed E-state index contributed by atoms with van der Waals surface area (Å²) in [6.07, 6.45) is 4.29. The highest BCUT2D eigenvalue weighted by atomic mass is 15.3. The minimum atomic E-state index is 0.843. The fourth-order valence-electron chi connectivity index (χ4n) is 3.94. The monoisotopic (exact) mass is 252 g/mol. The van der Waals surface area contributed by atoms with Crippen molar-refractivity contribution in [3.63, 3.8) is 0 Å². The molecule has 0 bridgehead atoms. The lowest BCUT2D eigenvalue weighted by atomic mass is 10.1. The first kappa shape index (κ1) is 12.9. The number of likely N-dealkylation sites (N-methyl/N-ethyl adjacent to an activating group) is 1. The summed E-state index contributed by atoms with van der Waals surface area (Å²) in [6, 6.07) is 1.69. The molecule has 104 valence electrons. The molecule has 0 unspecified atom stereocenters. The van der Waals surface area contributed by atoms with Gasteiger partial charge in [0.15, 0.2) is 0 Å². The molecule has 2 saturated heterocycles. The lowest BCUT2D eigenvalue weighted by Gasteiger charge is -2.43. The number of rotatable bonds is 2. The zero-order valence-corrected chi connectivity index (χ0v) is 11.8. The van der Waals surface area contributed by atoms with Gasteiger partial charge in [-0.1, -0.05) is 6.42 Å². The van der Waals surface area contributed by atoms with E-state index in [0.717, 1.165) is 12.1 Å². The first-order valence-electron chi connectivity index (χ1n) is 7.72. The van der Waals surface area contributed by atoms with Crippen molar-refractivity contribution in [2.75, 3.05) is 59.4 Å². The largest absolute Gasteiger partial charge is 0.314 e. The number of piperazine rings is 2. The predicted octanol–water partition coefficient (Wildman–Crippen LogP) is 0.0601. The van der Waals surface area contributed by atoms with E-state index in [-0.39, 0.29) is 0 Å². The summed E-state index contributed by atoms with van der Waals surface area (Å²) >= 11 is 0. The molecular weight excluding hydrogens is 224 g/mol. The summed E-state index contributed by atoms with van der Waals surface area (Å²) in [5, 5.41) is 3.48. The molecule has 0 aromatic carbocycles. The van der Waals surface area contributed by atoms with E-state index in [4.69, 9.17) is 0 Å². The van der Waals surface area contributed by atoms with Gasteiger partial charge in [-0.2, -0.15) is 0 Å². The Bertz CT molecular complexity index is 257. The second-order valence-electron chi connectivity index (χ2n) is 6.19. The van der Waals surface area contributed by atoms with Crippen molar-refractivity contribution < 1.29 is 0 Å². The Kier molecular flexibility index (Phi) is 4.19. The first-order valence-corrected chi connectivity index (χ1v) is 7.72. The van der Waals surface area contributed by atoms with Gasteiger partial charge in [0.05, 0.1) is 0 Å². The summed E-state index contributed by atoms with van der Waals surface area (Å²) in [5.74, 6) is 0. The van der Waals surface area contributed by atoms with Crippen molar-refractivity contribution in [1.29, 1.82) is 0 Å². The second-order valence-corrected chi connectivity index (χ2v) is 6.19. The second kappa shape index (κ2) is 5.87. The van der Waals surface area contributed by atoms with E-state index in [1.165, 1.54) is 71.6 Å². The van der Waals surface area contributed by atoms with Crippen LogP contribution in [0.25, 0.3) is 0 Å². The minimum Gasteiger partial charge on any atom is -0.314 e. The van der Waals surface area contributed by atoms with Crippen LogP contribution in [0.4, 0.5) is 0 Å². The molecule has 2 aliphatic heterocycles. The van der Waals surface area contributed by atoms with Crippen molar-refractivity contribution in [3.05, 3.63) is 0 Å². The van der Waals surface area contributed by atoms with Crippen LogP contribution in [-0.4, -0.2) is 86.2 Å². The van der Waals surface area contributed by atoms with Crippen molar-refractivity contribution in [3.8, 4) is 0 Å². The van der Waals surface area contributed by atoms with E-state index in [1.807, 2.05) is 0 Å². The maximum Gasteiger partial charge on any atom is 0.0252 e. The molecule has 0 aromatic heterocycles. The van der Waals surface area contributed by atoms with Gasteiger partial charge in [0, 0.05) is 64.4 Å². The zero-order valence-electron chi connectivity index (χ0n) is 11.8. The van der Waals surface area contributed by atoms with Crippen LogP contribution in [0.1, 0.15) is 19.3 Å². The Morgan fingerprint density at radius 3 is 1.94 bits per heavy atom. The Balaban J connectivity index is 1.59. The van der Waals surface area contributed by atoms with Crippen LogP contribution in [-0.2, 0) is 0 Å². The van der Waals surface area contributed by atoms with E-state index in [0.29, 0.717) is 0 Å². The Hall–Kier alpha value is -0.160. The molecule has 1 aliphatic carbocycles. The molecule has 4 heteroatoms. The molecule has 0 spiro atoms. The Morgan fingerprint density at radius 2 is 1.33 bits per heavy atom. The maximum absolute atomic E-state index is 3.48. The fraction of sp³-hybridized carbons (Fsp3) is 1.00.